The zero-order valence-corrected chi connectivity index (χ0v) is 21.7. The number of ether oxygens (including phenoxy) is 1. The van der Waals surface area contributed by atoms with E-state index in [-0.39, 0.29) is 16.9 Å². The van der Waals surface area contributed by atoms with E-state index in [2.05, 4.69) is 27.2 Å². The van der Waals surface area contributed by atoms with Gasteiger partial charge in [0.05, 0.1) is 35.9 Å². The van der Waals surface area contributed by atoms with E-state index < -0.39 is 11.9 Å². The Hall–Kier alpha value is -5.36. The highest BCUT2D eigenvalue weighted by atomic mass is 16.5. The van der Waals surface area contributed by atoms with Crippen LogP contribution in [0.5, 0.6) is 5.88 Å². The van der Waals surface area contributed by atoms with Crippen LogP contribution in [0.25, 0.3) is 16.5 Å². The molecular weight excluding hydrogens is 492 g/mol. The number of fused-ring (bicyclic) bond motifs is 1. The molecule has 0 aliphatic heterocycles. The molecule has 5 aromatic rings. The fourth-order valence-electron chi connectivity index (χ4n) is 4.38. The number of nitrogens with zero attached hydrogens (tertiary/aromatic N) is 4. The third-order valence-electron chi connectivity index (χ3n) is 6.28. The van der Waals surface area contributed by atoms with E-state index in [1.54, 1.807) is 27.6 Å². The molecule has 5 rings (SSSR count). The van der Waals surface area contributed by atoms with Crippen molar-refractivity contribution >= 4 is 22.5 Å². The monoisotopic (exact) mass is 518 g/mol. The van der Waals surface area contributed by atoms with Crippen molar-refractivity contribution in [3.8, 4) is 23.4 Å². The first kappa shape index (κ1) is 25.3. The number of anilines is 1. The summed E-state index contributed by atoms with van der Waals surface area (Å²) >= 11 is 0. The van der Waals surface area contributed by atoms with Gasteiger partial charge in [-0.05, 0) is 42.6 Å². The highest BCUT2D eigenvalue weighted by Gasteiger charge is 2.21. The fraction of sp³-hybridized carbons (Fsp3) is 0.133. The van der Waals surface area contributed by atoms with Crippen molar-refractivity contribution in [1.82, 2.24) is 24.6 Å². The Morgan fingerprint density at radius 2 is 1.87 bits per heavy atom. The molecule has 0 saturated carbocycles. The molecule has 2 aromatic carbocycles. The van der Waals surface area contributed by atoms with Crippen molar-refractivity contribution in [3.63, 3.8) is 0 Å². The summed E-state index contributed by atoms with van der Waals surface area (Å²) in [5, 5.41) is 8.31. The lowest BCUT2D eigenvalue weighted by Crippen LogP contribution is -2.32. The summed E-state index contributed by atoms with van der Waals surface area (Å²) in [4.78, 5) is 31.3. The number of hydrogen-bond acceptors (Lipinski definition) is 6. The Bertz CT molecular complexity index is 1810. The van der Waals surface area contributed by atoms with Crippen LogP contribution in [-0.4, -0.2) is 32.3 Å². The van der Waals surface area contributed by atoms with E-state index in [4.69, 9.17) is 10.5 Å². The van der Waals surface area contributed by atoms with Crippen LogP contribution < -0.4 is 21.3 Å². The molecule has 0 saturated heterocycles. The van der Waals surface area contributed by atoms with Crippen LogP contribution in [0.1, 0.15) is 40.1 Å². The molecule has 0 aliphatic carbocycles. The quantitative estimate of drug-likeness (QED) is 0.344. The van der Waals surface area contributed by atoms with Gasteiger partial charge in [0.1, 0.15) is 5.82 Å². The molecule has 0 radical (unpaired) electrons. The summed E-state index contributed by atoms with van der Waals surface area (Å²) in [7, 11) is 3.30. The lowest BCUT2D eigenvalue weighted by molar-refractivity contribution is 0.0939. The summed E-state index contributed by atoms with van der Waals surface area (Å²) < 4.78 is 8.36. The number of amides is 1. The molecule has 3 N–H and O–H groups in total. The number of nitrogens with two attached hydrogens (primary N) is 1. The molecule has 3 heterocycles. The maximum atomic E-state index is 14.1. The van der Waals surface area contributed by atoms with Crippen LogP contribution in [0.15, 0.2) is 83.9 Å². The minimum atomic E-state index is -0.554. The first-order valence-corrected chi connectivity index (χ1v) is 12.2. The smallest absolute Gasteiger partial charge is 0.264 e. The lowest BCUT2D eigenvalue weighted by Gasteiger charge is -2.21. The maximum absolute atomic E-state index is 14.1. The van der Waals surface area contributed by atoms with Crippen molar-refractivity contribution in [2.75, 3.05) is 12.8 Å². The number of methoxy groups -OCH3 is 1. The van der Waals surface area contributed by atoms with Gasteiger partial charge in [0, 0.05) is 36.3 Å². The summed E-state index contributed by atoms with van der Waals surface area (Å²) in [6.07, 6.45) is 3.49. The second-order valence-electron chi connectivity index (χ2n) is 8.95. The molecule has 9 heteroatoms. The van der Waals surface area contributed by atoms with Crippen molar-refractivity contribution < 1.29 is 9.53 Å². The first-order valence-electron chi connectivity index (χ1n) is 12.2. The SMILES string of the molecule is COc1ccc(C(=O)NC(C)c2cc3cccc(C#Cc4cnn(C)c4)c3c(=O)n2-c2ccccc2)c(N)n1. The third-order valence-corrected chi connectivity index (χ3v) is 6.28. The molecule has 3 aromatic heterocycles. The van der Waals surface area contributed by atoms with Crippen molar-refractivity contribution in [3.05, 3.63) is 112 Å². The summed E-state index contributed by atoms with van der Waals surface area (Å²) in [5.41, 5.74) is 8.59. The van der Waals surface area contributed by atoms with Gasteiger partial charge in [-0.15, -0.1) is 0 Å². The first-order chi connectivity index (χ1) is 18.9. The Labute approximate surface area is 224 Å². The number of nitrogens with one attached hydrogen (secondary N) is 1. The lowest BCUT2D eigenvalue weighted by atomic mass is 10.0. The molecule has 9 nitrogen and oxygen atoms in total. The summed E-state index contributed by atoms with van der Waals surface area (Å²) in [6, 6.07) is 19.3. The number of carbonyl (C=O) groups excluding carboxylic acids is 1. The van der Waals surface area contributed by atoms with Gasteiger partial charge >= 0.3 is 0 Å². The fourth-order valence-corrected chi connectivity index (χ4v) is 4.38. The number of para-hydroxylation sites is 1. The average molecular weight is 519 g/mol. The topological polar surface area (TPSA) is 117 Å². The van der Waals surface area contributed by atoms with Gasteiger partial charge in [-0.25, -0.2) is 0 Å². The zero-order valence-electron chi connectivity index (χ0n) is 21.7. The van der Waals surface area contributed by atoms with Crippen LogP contribution >= 0.6 is 0 Å². The number of nitrogen functional groups attached to an aromatic ring is 1. The van der Waals surface area contributed by atoms with Crippen molar-refractivity contribution in [1.29, 1.82) is 0 Å². The van der Waals surface area contributed by atoms with E-state index in [0.29, 0.717) is 33.6 Å². The van der Waals surface area contributed by atoms with E-state index >= 15 is 0 Å². The van der Waals surface area contributed by atoms with Gasteiger partial charge in [-0.1, -0.05) is 42.2 Å². The molecule has 1 amide bonds. The highest BCUT2D eigenvalue weighted by molar-refractivity contribution is 5.98. The van der Waals surface area contributed by atoms with Gasteiger partial charge in [0.2, 0.25) is 5.88 Å². The average Bonchev–Trinajstić information content (AvgIpc) is 3.36. The predicted octanol–water partition coefficient (Wildman–Crippen LogP) is 3.60. The van der Waals surface area contributed by atoms with Gasteiger partial charge in [-0.2, -0.15) is 10.1 Å². The number of pyridine rings is 2. The van der Waals surface area contributed by atoms with E-state index in [9.17, 15) is 9.59 Å². The van der Waals surface area contributed by atoms with Crippen LogP contribution in [0.4, 0.5) is 5.82 Å². The number of carbonyl (C=O) groups is 1. The molecule has 0 spiro atoms. The number of hydrogen-bond donors (Lipinski definition) is 2. The number of benzene rings is 2. The van der Waals surface area contributed by atoms with Gasteiger partial charge in [-0.3, -0.25) is 18.8 Å². The minimum absolute atomic E-state index is 0.0508. The number of aromatic nitrogens is 4. The van der Waals surface area contributed by atoms with Gasteiger partial charge < -0.3 is 15.8 Å². The standard InChI is InChI=1S/C30H26N6O3/c1-19(33-29(37)24-14-15-26(39-3)34-28(24)31)25-16-22-9-7-8-21(13-12-20-17-32-35(2)18-20)27(22)30(38)36(25)23-10-5-4-6-11-23/h4-11,14-19H,1-3H3,(H2,31,34)(H,33,37). The largest absolute Gasteiger partial charge is 0.481 e. The number of rotatable bonds is 5. The van der Waals surface area contributed by atoms with Crippen LogP contribution in [0, 0.1) is 11.8 Å². The molecule has 1 atom stereocenters. The maximum Gasteiger partial charge on any atom is 0.264 e. The second kappa shape index (κ2) is 10.6. The molecule has 194 valence electrons. The van der Waals surface area contributed by atoms with E-state index in [1.807, 2.05) is 74.8 Å². The Morgan fingerprint density at radius 3 is 2.56 bits per heavy atom. The van der Waals surface area contributed by atoms with Gasteiger partial charge in [0.25, 0.3) is 11.5 Å². The Morgan fingerprint density at radius 1 is 1.08 bits per heavy atom. The molecule has 0 bridgehead atoms. The molecule has 1 unspecified atom stereocenters. The second-order valence-corrected chi connectivity index (χ2v) is 8.95. The van der Waals surface area contributed by atoms with Crippen molar-refractivity contribution in [2.24, 2.45) is 7.05 Å². The van der Waals surface area contributed by atoms with Crippen molar-refractivity contribution in [2.45, 2.75) is 13.0 Å². The predicted molar refractivity (Wildman–Crippen MR) is 150 cm³/mol. The Kier molecular flexibility index (Phi) is 6.85. The zero-order chi connectivity index (χ0) is 27.5. The number of aryl methyl sites for hydroxylation is 1. The molecule has 0 fully saturated rings. The summed E-state index contributed by atoms with van der Waals surface area (Å²) in [5.74, 6) is 6.17. The van der Waals surface area contributed by atoms with E-state index in [1.165, 1.54) is 7.11 Å². The van der Waals surface area contributed by atoms with E-state index in [0.717, 1.165) is 5.56 Å². The third kappa shape index (κ3) is 5.08. The van der Waals surface area contributed by atoms with Crippen LogP contribution in [-0.2, 0) is 7.05 Å². The van der Waals surface area contributed by atoms with Crippen LogP contribution in [0.2, 0.25) is 0 Å². The highest BCUT2D eigenvalue weighted by Crippen LogP contribution is 2.24. The molecular formula is C30H26N6O3. The molecule has 0 aliphatic rings. The minimum Gasteiger partial charge on any atom is -0.481 e. The van der Waals surface area contributed by atoms with Gasteiger partial charge in [0.15, 0.2) is 0 Å². The van der Waals surface area contributed by atoms with Crippen LogP contribution in [0.3, 0.4) is 0 Å². The summed E-state index contributed by atoms with van der Waals surface area (Å²) in [6.45, 7) is 1.82. The normalized spacial score (nSPS) is 11.5. The Balaban J connectivity index is 1.62. The molecule has 39 heavy (non-hydrogen) atoms.